The Kier molecular flexibility index (Phi) is 5.78. The van der Waals surface area contributed by atoms with Crippen molar-refractivity contribution in [3.05, 3.63) is 53.7 Å². The van der Waals surface area contributed by atoms with E-state index in [4.69, 9.17) is 4.74 Å². The van der Waals surface area contributed by atoms with Crippen LogP contribution in [-0.2, 0) is 16.1 Å². The average molecular weight is 335 g/mol. The lowest BCUT2D eigenvalue weighted by Gasteiger charge is -2.08. The van der Waals surface area contributed by atoms with Gasteiger partial charge in [0.05, 0.1) is 11.9 Å². The molecule has 0 spiro atoms. The third-order valence-corrected chi connectivity index (χ3v) is 2.89. The molecule has 126 valence electrons. The number of carbonyl (C=O) groups is 2. The van der Waals surface area contributed by atoms with E-state index in [1.54, 1.807) is 6.07 Å². The molecule has 24 heavy (non-hydrogen) atoms. The Morgan fingerprint density at radius 2 is 2.00 bits per heavy atom. The van der Waals surface area contributed by atoms with Gasteiger partial charge in [-0.15, -0.1) is 0 Å². The lowest BCUT2D eigenvalue weighted by atomic mass is 10.2. The molecule has 8 heteroatoms. The molecule has 0 saturated carbocycles. The smallest absolute Gasteiger partial charge is 0.258 e. The fourth-order valence-electron chi connectivity index (χ4n) is 1.81. The van der Waals surface area contributed by atoms with E-state index in [9.17, 15) is 18.4 Å². The first-order valence-electron chi connectivity index (χ1n) is 7.01. The number of halogens is 2. The van der Waals surface area contributed by atoms with Crippen LogP contribution in [0.5, 0.6) is 5.88 Å². The number of hydrogen-bond donors (Lipinski definition) is 2. The zero-order chi connectivity index (χ0) is 17.5. The molecule has 0 aliphatic rings. The molecule has 2 aromatic rings. The number of ether oxygens (including phenoxy) is 1. The van der Waals surface area contributed by atoms with Crippen molar-refractivity contribution in [1.29, 1.82) is 0 Å². The summed E-state index contributed by atoms with van der Waals surface area (Å²) in [5, 5.41) is 4.96. The van der Waals surface area contributed by atoms with Crippen LogP contribution >= 0.6 is 0 Å². The van der Waals surface area contributed by atoms with Crippen LogP contribution in [0.2, 0.25) is 0 Å². The van der Waals surface area contributed by atoms with Crippen LogP contribution in [0, 0.1) is 11.6 Å². The number of amides is 2. The van der Waals surface area contributed by atoms with Crippen LogP contribution < -0.4 is 15.4 Å². The molecule has 0 unspecified atom stereocenters. The van der Waals surface area contributed by atoms with Gasteiger partial charge >= 0.3 is 0 Å². The van der Waals surface area contributed by atoms with E-state index >= 15 is 0 Å². The van der Waals surface area contributed by atoms with Gasteiger partial charge in [0.15, 0.2) is 6.61 Å². The van der Waals surface area contributed by atoms with Crippen LogP contribution in [0.15, 0.2) is 36.5 Å². The molecule has 0 radical (unpaired) electrons. The number of hydrogen-bond acceptors (Lipinski definition) is 4. The molecule has 1 heterocycles. The maximum atomic E-state index is 13.4. The number of benzene rings is 1. The minimum Gasteiger partial charge on any atom is -0.468 e. The number of rotatable bonds is 6. The van der Waals surface area contributed by atoms with Crippen LogP contribution in [-0.4, -0.2) is 23.4 Å². The maximum Gasteiger partial charge on any atom is 0.258 e. The summed E-state index contributed by atoms with van der Waals surface area (Å²) in [7, 11) is 0. The Morgan fingerprint density at radius 3 is 2.67 bits per heavy atom. The summed E-state index contributed by atoms with van der Waals surface area (Å²) in [6.45, 7) is 0.889. The van der Waals surface area contributed by atoms with Crippen LogP contribution in [0.25, 0.3) is 0 Å². The molecule has 1 aromatic carbocycles. The molecule has 0 saturated heterocycles. The predicted octanol–water partition coefficient (Wildman–Crippen LogP) is 2.01. The number of nitrogens with zero attached hydrogens (tertiary/aromatic N) is 1. The fraction of sp³-hybridized carbons (Fsp3) is 0.188. The summed E-state index contributed by atoms with van der Waals surface area (Å²) in [4.78, 5) is 26.5. The van der Waals surface area contributed by atoms with E-state index in [2.05, 4.69) is 15.6 Å². The highest BCUT2D eigenvalue weighted by Gasteiger charge is 2.08. The Hall–Kier alpha value is -3.03. The van der Waals surface area contributed by atoms with Crippen molar-refractivity contribution in [2.24, 2.45) is 0 Å². The SMILES string of the molecule is CC(=O)Nc1ccc(OCC(=O)NCc2cc(F)ccc2F)nc1. The Labute approximate surface area is 136 Å². The van der Waals surface area contributed by atoms with E-state index in [1.807, 2.05) is 0 Å². The van der Waals surface area contributed by atoms with Crippen molar-refractivity contribution in [3.63, 3.8) is 0 Å². The van der Waals surface area contributed by atoms with Gasteiger partial charge in [-0.3, -0.25) is 9.59 Å². The minimum atomic E-state index is -0.604. The van der Waals surface area contributed by atoms with Gasteiger partial charge < -0.3 is 15.4 Å². The van der Waals surface area contributed by atoms with Crippen molar-refractivity contribution in [2.75, 3.05) is 11.9 Å². The van der Waals surface area contributed by atoms with Gasteiger partial charge in [0.2, 0.25) is 11.8 Å². The van der Waals surface area contributed by atoms with Gasteiger partial charge in [-0.25, -0.2) is 13.8 Å². The predicted molar refractivity (Wildman–Crippen MR) is 82.2 cm³/mol. The molecule has 2 rings (SSSR count). The van der Waals surface area contributed by atoms with Crippen LogP contribution in [0.1, 0.15) is 12.5 Å². The number of anilines is 1. The molecule has 6 nitrogen and oxygen atoms in total. The topological polar surface area (TPSA) is 80.3 Å². The first-order valence-corrected chi connectivity index (χ1v) is 7.01. The highest BCUT2D eigenvalue weighted by Crippen LogP contribution is 2.12. The molecule has 1 aromatic heterocycles. The molecule has 0 fully saturated rings. The third-order valence-electron chi connectivity index (χ3n) is 2.89. The lowest BCUT2D eigenvalue weighted by Crippen LogP contribution is -2.28. The Balaban J connectivity index is 1.80. The zero-order valence-electron chi connectivity index (χ0n) is 12.8. The number of nitrogens with one attached hydrogen (secondary N) is 2. The van der Waals surface area contributed by atoms with E-state index in [0.29, 0.717) is 5.69 Å². The molecular formula is C16H15F2N3O3. The average Bonchev–Trinajstić information content (AvgIpc) is 2.54. The van der Waals surface area contributed by atoms with Gasteiger partial charge in [-0.2, -0.15) is 0 Å². The van der Waals surface area contributed by atoms with E-state index < -0.39 is 17.5 Å². The maximum absolute atomic E-state index is 13.4. The summed E-state index contributed by atoms with van der Waals surface area (Å²) in [6, 6.07) is 6.07. The molecule has 0 bridgehead atoms. The molecular weight excluding hydrogens is 320 g/mol. The van der Waals surface area contributed by atoms with Crippen molar-refractivity contribution in [2.45, 2.75) is 13.5 Å². The van der Waals surface area contributed by atoms with Gasteiger partial charge in [-0.1, -0.05) is 0 Å². The first-order chi connectivity index (χ1) is 11.4. The van der Waals surface area contributed by atoms with Crippen LogP contribution in [0.3, 0.4) is 0 Å². The zero-order valence-corrected chi connectivity index (χ0v) is 12.8. The van der Waals surface area contributed by atoms with E-state index in [0.717, 1.165) is 18.2 Å². The molecule has 2 N–H and O–H groups in total. The Bertz CT molecular complexity index is 736. The number of aromatic nitrogens is 1. The van der Waals surface area contributed by atoms with Crippen LogP contribution in [0.4, 0.5) is 14.5 Å². The van der Waals surface area contributed by atoms with Crippen molar-refractivity contribution in [3.8, 4) is 5.88 Å². The highest BCUT2D eigenvalue weighted by atomic mass is 19.1. The second-order valence-electron chi connectivity index (χ2n) is 4.87. The van der Waals surface area contributed by atoms with Gasteiger partial charge in [0.25, 0.3) is 5.91 Å². The second-order valence-corrected chi connectivity index (χ2v) is 4.87. The monoisotopic (exact) mass is 335 g/mol. The van der Waals surface area contributed by atoms with E-state index in [-0.39, 0.29) is 30.5 Å². The van der Waals surface area contributed by atoms with E-state index in [1.165, 1.54) is 19.2 Å². The summed E-state index contributed by atoms with van der Waals surface area (Å²) in [5.74, 6) is -1.73. The first kappa shape index (κ1) is 17.3. The largest absolute Gasteiger partial charge is 0.468 e. The highest BCUT2D eigenvalue weighted by molar-refractivity contribution is 5.88. The molecule has 0 aliphatic carbocycles. The quantitative estimate of drug-likeness (QED) is 0.846. The summed E-state index contributed by atoms with van der Waals surface area (Å²) in [6.07, 6.45) is 1.39. The normalized spacial score (nSPS) is 10.1. The minimum absolute atomic E-state index is 0.0427. The molecule has 0 aliphatic heterocycles. The van der Waals surface area contributed by atoms with Gasteiger partial charge in [-0.05, 0) is 24.3 Å². The summed E-state index contributed by atoms with van der Waals surface area (Å²) in [5.41, 5.74) is 0.544. The lowest BCUT2D eigenvalue weighted by molar-refractivity contribution is -0.123. The van der Waals surface area contributed by atoms with Gasteiger partial charge in [0, 0.05) is 25.1 Å². The third kappa shape index (κ3) is 5.31. The molecule has 2 amide bonds. The second kappa shape index (κ2) is 8.00. The van der Waals surface area contributed by atoms with Gasteiger partial charge in [0.1, 0.15) is 11.6 Å². The van der Waals surface area contributed by atoms with Crippen molar-refractivity contribution in [1.82, 2.24) is 10.3 Å². The summed E-state index contributed by atoms with van der Waals surface area (Å²) < 4.78 is 31.6. The van der Waals surface area contributed by atoms with Crippen molar-refractivity contribution < 1.29 is 23.1 Å². The molecule has 0 atom stereocenters. The summed E-state index contributed by atoms with van der Waals surface area (Å²) >= 11 is 0. The standard InChI is InChI=1S/C16H15F2N3O3/c1-10(22)21-13-3-5-16(20-8-13)24-9-15(23)19-7-11-6-12(17)2-4-14(11)18/h2-6,8H,7,9H2,1H3,(H,19,23)(H,21,22). The number of pyridine rings is 1. The van der Waals surface area contributed by atoms with Crippen molar-refractivity contribution >= 4 is 17.5 Å². The number of carbonyl (C=O) groups excluding carboxylic acids is 2. The Morgan fingerprint density at radius 1 is 1.21 bits per heavy atom. The fourth-order valence-corrected chi connectivity index (χ4v) is 1.81.